The number of hydrogen-bond acceptors (Lipinski definition) is 5. The monoisotopic (exact) mass is 332 g/mol. The number of alkyl halides is 1. The summed E-state index contributed by atoms with van der Waals surface area (Å²) in [5.41, 5.74) is -0.796. The van der Waals surface area contributed by atoms with E-state index in [2.05, 4.69) is 15.9 Å². The van der Waals surface area contributed by atoms with E-state index in [0.29, 0.717) is 28.3 Å². The van der Waals surface area contributed by atoms with Crippen LogP contribution in [0.15, 0.2) is 12.1 Å². The molecule has 0 bridgehead atoms. The molecular formula is C13H17BrO5. The summed E-state index contributed by atoms with van der Waals surface area (Å²) in [7, 11) is 3.12. The molecule has 1 heterocycles. The van der Waals surface area contributed by atoms with Crippen molar-refractivity contribution in [2.24, 2.45) is 0 Å². The molecule has 1 aliphatic rings. The zero-order valence-electron chi connectivity index (χ0n) is 11.1. The summed E-state index contributed by atoms with van der Waals surface area (Å²) in [6.45, 7) is 2.07. The van der Waals surface area contributed by atoms with Crippen LogP contribution in [0.5, 0.6) is 23.0 Å². The number of rotatable bonds is 4. The number of hydrogen-bond donors (Lipinski definition) is 1. The molecule has 1 aromatic rings. The first kappa shape index (κ1) is 14.3. The SMILES string of the molecule is COc1cc2c(cc1OC)OC(C)(C(O)CBr)CO2. The predicted molar refractivity (Wildman–Crippen MR) is 73.9 cm³/mol. The highest BCUT2D eigenvalue weighted by molar-refractivity contribution is 9.09. The third kappa shape index (κ3) is 2.60. The Morgan fingerprint density at radius 3 is 2.42 bits per heavy atom. The molecule has 0 amide bonds. The van der Waals surface area contributed by atoms with Gasteiger partial charge in [0.1, 0.15) is 12.7 Å². The van der Waals surface area contributed by atoms with Crippen LogP contribution >= 0.6 is 15.9 Å². The van der Waals surface area contributed by atoms with E-state index in [1.165, 1.54) is 0 Å². The number of aliphatic hydroxyl groups excluding tert-OH is 1. The van der Waals surface area contributed by atoms with Crippen LogP contribution in [0.4, 0.5) is 0 Å². The minimum absolute atomic E-state index is 0.266. The highest BCUT2D eigenvalue weighted by atomic mass is 79.9. The van der Waals surface area contributed by atoms with Gasteiger partial charge in [-0.3, -0.25) is 0 Å². The Hall–Kier alpha value is -1.14. The fraction of sp³-hybridized carbons (Fsp3) is 0.538. The molecule has 1 aliphatic heterocycles. The number of halogens is 1. The zero-order valence-corrected chi connectivity index (χ0v) is 12.7. The van der Waals surface area contributed by atoms with Crippen LogP contribution in [-0.2, 0) is 0 Å². The van der Waals surface area contributed by atoms with Gasteiger partial charge in [-0.25, -0.2) is 0 Å². The molecule has 19 heavy (non-hydrogen) atoms. The maximum atomic E-state index is 9.99. The molecule has 0 saturated carbocycles. The van der Waals surface area contributed by atoms with E-state index in [4.69, 9.17) is 18.9 Å². The normalized spacial score (nSPS) is 22.8. The van der Waals surface area contributed by atoms with E-state index in [0.717, 1.165) is 0 Å². The quantitative estimate of drug-likeness (QED) is 0.854. The van der Waals surface area contributed by atoms with Crippen molar-refractivity contribution in [2.45, 2.75) is 18.6 Å². The number of fused-ring (bicyclic) bond motifs is 1. The van der Waals surface area contributed by atoms with Gasteiger partial charge in [-0.05, 0) is 6.92 Å². The van der Waals surface area contributed by atoms with E-state index >= 15 is 0 Å². The van der Waals surface area contributed by atoms with Crippen molar-refractivity contribution in [3.8, 4) is 23.0 Å². The van der Waals surface area contributed by atoms with E-state index in [1.54, 1.807) is 33.3 Å². The van der Waals surface area contributed by atoms with Crippen molar-refractivity contribution < 1.29 is 24.1 Å². The Labute approximate surface area is 120 Å². The lowest BCUT2D eigenvalue weighted by Crippen LogP contribution is -2.52. The summed E-state index contributed by atoms with van der Waals surface area (Å²) in [5, 5.41) is 10.4. The van der Waals surface area contributed by atoms with Crippen molar-refractivity contribution in [1.82, 2.24) is 0 Å². The Kier molecular flexibility index (Phi) is 4.10. The van der Waals surface area contributed by atoms with Gasteiger partial charge in [0, 0.05) is 17.5 Å². The third-order valence-electron chi connectivity index (χ3n) is 3.16. The second kappa shape index (κ2) is 5.46. The summed E-state index contributed by atoms with van der Waals surface area (Å²) in [4.78, 5) is 0. The molecule has 2 atom stereocenters. The van der Waals surface area contributed by atoms with Gasteiger partial charge in [0.05, 0.1) is 14.2 Å². The smallest absolute Gasteiger partial charge is 0.167 e. The van der Waals surface area contributed by atoms with Gasteiger partial charge in [-0.1, -0.05) is 15.9 Å². The number of methoxy groups -OCH3 is 2. The van der Waals surface area contributed by atoms with Crippen LogP contribution in [0.25, 0.3) is 0 Å². The third-order valence-corrected chi connectivity index (χ3v) is 3.77. The molecule has 0 radical (unpaired) electrons. The average Bonchev–Trinajstić information content (AvgIpc) is 2.44. The van der Waals surface area contributed by atoms with Gasteiger partial charge in [0.2, 0.25) is 0 Å². The van der Waals surface area contributed by atoms with E-state index in [-0.39, 0.29) is 6.61 Å². The van der Waals surface area contributed by atoms with Gasteiger partial charge in [-0.15, -0.1) is 0 Å². The summed E-state index contributed by atoms with van der Waals surface area (Å²) < 4.78 is 22.0. The highest BCUT2D eigenvalue weighted by Gasteiger charge is 2.40. The standard InChI is InChI=1S/C13H17BrO5/c1-13(12(15)6-14)7-18-10-4-8(16-2)9(17-3)5-11(10)19-13/h4-5,12,15H,6-7H2,1-3H3. The van der Waals surface area contributed by atoms with Gasteiger partial charge in [0.15, 0.2) is 28.6 Å². The summed E-state index contributed by atoms with van der Waals surface area (Å²) in [6, 6.07) is 3.42. The average molecular weight is 333 g/mol. The van der Waals surface area contributed by atoms with Crippen molar-refractivity contribution in [3.63, 3.8) is 0 Å². The van der Waals surface area contributed by atoms with E-state index < -0.39 is 11.7 Å². The largest absolute Gasteiger partial charge is 0.493 e. The van der Waals surface area contributed by atoms with Crippen LogP contribution in [0, 0.1) is 0 Å². The van der Waals surface area contributed by atoms with Crippen molar-refractivity contribution in [2.75, 3.05) is 26.2 Å². The predicted octanol–water partition coefficient (Wildman–Crippen LogP) is 1.99. The topological polar surface area (TPSA) is 57.2 Å². The fourth-order valence-corrected chi connectivity index (χ4v) is 2.55. The first-order chi connectivity index (χ1) is 9.04. The van der Waals surface area contributed by atoms with Gasteiger partial charge >= 0.3 is 0 Å². The number of ether oxygens (including phenoxy) is 4. The zero-order chi connectivity index (χ0) is 14.0. The summed E-state index contributed by atoms with van der Waals surface area (Å²) in [6.07, 6.45) is -0.672. The fourth-order valence-electron chi connectivity index (χ4n) is 1.86. The molecule has 0 aromatic heterocycles. The first-order valence-corrected chi connectivity index (χ1v) is 6.98. The molecule has 2 unspecified atom stereocenters. The molecule has 5 nitrogen and oxygen atoms in total. The lowest BCUT2D eigenvalue weighted by Gasteiger charge is -2.38. The molecule has 1 N–H and O–H groups in total. The molecule has 0 fully saturated rings. The second-order valence-corrected chi connectivity index (χ2v) is 5.17. The molecule has 2 rings (SSSR count). The molecule has 0 saturated heterocycles. The molecule has 0 spiro atoms. The molecule has 6 heteroatoms. The van der Waals surface area contributed by atoms with Crippen molar-refractivity contribution in [3.05, 3.63) is 12.1 Å². The van der Waals surface area contributed by atoms with Crippen LogP contribution in [-0.4, -0.2) is 43.0 Å². The Bertz CT molecular complexity index is 465. The number of benzene rings is 1. The first-order valence-electron chi connectivity index (χ1n) is 5.86. The number of aliphatic hydroxyl groups is 1. The summed E-state index contributed by atoms with van der Waals surface area (Å²) >= 11 is 3.25. The van der Waals surface area contributed by atoms with Crippen LogP contribution in [0.3, 0.4) is 0 Å². The van der Waals surface area contributed by atoms with Crippen molar-refractivity contribution in [1.29, 1.82) is 0 Å². The Balaban J connectivity index is 2.35. The highest BCUT2D eigenvalue weighted by Crippen LogP contribution is 2.44. The van der Waals surface area contributed by atoms with E-state index in [1.807, 2.05) is 0 Å². The lowest BCUT2D eigenvalue weighted by atomic mass is 10.00. The van der Waals surface area contributed by atoms with Crippen LogP contribution in [0.2, 0.25) is 0 Å². The Morgan fingerprint density at radius 2 is 1.89 bits per heavy atom. The van der Waals surface area contributed by atoms with Gasteiger partial charge in [0.25, 0.3) is 0 Å². The summed E-state index contributed by atoms with van der Waals surface area (Å²) in [5.74, 6) is 2.25. The molecule has 1 aromatic carbocycles. The van der Waals surface area contributed by atoms with E-state index in [9.17, 15) is 5.11 Å². The maximum Gasteiger partial charge on any atom is 0.167 e. The molecule has 106 valence electrons. The van der Waals surface area contributed by atoms with Crippen LogP contribution < -0.4 is 18.9 Å². The van der Waals surface area contributed by atoms with Gasteiger partial charge in [-0.2, -0.15) is 0 Å². The minimum atomic E-state index is -0.796. The maximum absolute atomic E-state index is 9.99. The Morgan fingerprint density at radius 1 is 1.32 bits per heavy atom. The second-order valence-electron chi connectivity index (χ2n) is 4.53. The van der Waals surface area contributed by atoms with Crippen molar-refractivity contribution >= 4 is 15.9 Å². The minimum Gasteiger partial charge on any atom is -0.493 e. The molecule has 0 aliphatic carbocycles. The molecular weight excluding hydrogens is 316 g/mol. The van der Waals surface area contributed by atoms with Gasteiger partial charge < -0.3 is 24.1 Å². The van der Waals surface area contributed by atoms with Crippen LogP contribution in [0.1, 0.15) is 6.92 Å². The lowest BCUT2D eigenvalue weighted by molar-refractivity contribution is -0.0739.